The van der Waals surface area contributed by atoms with Crippen molar-refractivity contribution >= 4 is 23.5 Å². The van der Waals surface area contributed by atoms with Crippen LogP contribution >= 0.6 is 0 Å². The molecular formula is C14H21N3O5. The molecule has 0 radical (unpaired) electrons. The van der Waals surface area contributed by atoms with Crippen LogP contribution in [0, 0.1) is 0 Å². The summed E-state index contributed by atoms with van der Waals surface area (Å²) in [7, 11) is 0. The molecule has 0 bridgehead atoms. The van der Waals surface area contributed by atoms with Crippen LogP contribution in [0.25, 0.3) is 0 Å². The molecular weight excluding hydrogens is 290 g/mol. The Kier molecular flexibility index (Phi) is 6.24. The monoisotopic (exact) mass is 311 g/mol. The Bertz CT molecular complexity index is 503. The molecule has 8 nitrogen and oxygen atoms in total. The number of ketones is 1. The molecule has 0 spiro atoms. The van der Waals surface area contributed by atoms with Crippen molar-refractivity contribution in [3.63, 3.8) is 0 Å². The van der Waals surface area contributed by atoms with Crippen LogP contribution in [0.2, 0.25) is 0 Å². The summed E-state index contributed by atoms with van der Waals surface area (Å²) < 4.78 is 0. The normalized spacial score (nSPS) is 19.7. The lowest BCUT2D eigenvalue weighted by molar-refractivity contribution is -0.133. The van der Waals surface area contributed by atoms with E-state index in [1.807, 2.05) is 0 Å². The predicted molar refractivity (Wildman–Crippen MR) is 77.4 cm³/mol. The Morgan fingerprint density at radius 1 is 1.27 bits per heavy atom. The lowest BCUT2D eigenvalue weighted by Gasteiger charge is -2.21. The summed E-state index contributed by atoms with van der Waals surface area (Å²) in [5.74, 6) is -1.43. The minimum absolute atomic E-state index is 0.0373. The summed E-state index contributed by atoms with van der Waals surface area (Å²) >= 11 is 0. The molecule has 3 atom stereocenters. The van der Waals surface area contributed by atoms with Gasteiger partial charge in [0.2, 0.25) is 17.7 Å². The number of carbonyl (C=O) groups excluding carboxylic acids is 4. The third-order valence-corrected chi connectivity index (χ3v) is 3.33. The first kappa shape index (κ1) is 17.8. The zero-order chi connectivity index (χ0) is 16.9. The molecule has 0 aromatic heterocycles. The van der Waals surface area contributed by atoms with E-state index < -0.39 is 30.1 Å². The zero-order valence-corrected chi connectivity index (χ0v) is 12.8. The average molecular weight is 311 g/mol. The number of carbonyl (C=O) groups is 4. The molecule has 0 saturated carbocycles. The molecule has 8 heteroatoms. The zero-order valence-electron chi connectivity index (χ0n) is 12.8. The molecule has 22 heavy (non-hydrogen) atoms. The lowest BCUT2D eigenvalue weighted by Crippen LogP contribution is -2.49. The molecule has 0 aromatic rings. The van der Waals surface area contributed by atoms with Crippen LogP contribution in [-0.2, 0) is 19.2 Å². The first-order valence-electron chi connectivity index (χ1n) is 6.99. The van der Waals surface area contributed by atoms with Gasteiger partial charge in [-0.2, -0.15) is 0 Å². The Hall–Kier alpha value is -2.22. The van der Waals surface area contributed by atoms with Crippen LogP contribution in [0.1, 0.15) is 27.2 Å². The average Bonchev–Trinajstić information content (AvgIpc) is 2.75. The molecule has 1 rings (SSSR count). The van der Waals surface area contributed by atoms with Gasteiger partial charge in [-0.3, -0.25) is 19.2 Å². The summed E-state index contributed by atoms with van der Waals surface area (Å²) in [5.41, 5.74) is 0. The third-order valence-electron chi connectivity index (χ3n) is 3.33. The molecule has 1 unspecified atom stereocenters. The van der Waals surface area contributed by atoms with E-state index in [4.69, 9.17) is 0 Å². The highest BCUT2D eigenvalue weighted by atomic mass is 16.3. The Balaban J connectivity index is 2.36. The summed E-state index contributed by atoms with van der Waals surface area (Å²) in [6, 6.07) is -1.41. The second kappa shape index (κ2) is 7.69. The molecule has 3 amide bonds. The van der Waals surface area contributed by atoms with E-state index in [0.717, 1.165) is 4.90 Å². The van der Waals surface area contributed by atoms with Gasteiger partial charge in [-0.25, -0.2) is 0 Å². The van der Waals surface area contributed by atoms with Crippen molar-refractivity contribution < 1.29 is 24.3 Å². The first-order chi connectivity index (χ1) is 10.2. The van der Waals surface area contributed by atoms with Crippen LogP contribution in [0.4, 0.5) is 0 Å². The third kappa shape index (κ3) is 4.96. The van der Waals surface area contributed by atoms with Crippen molar-refractivity contribution in [3.05, 3.63) is 12.2 Å². The Labute approximate surface area is 128 Å². The molecule has 1 aliphatic rings. The molecule has 122 valence electrons. The SMILES string of the molecule is CC(=O)[C@H](C)NC(=O)[C@H](C)NC(=O)CCN1C(=O)C=CC1O. The Morgan fingerprint density at radius 2 is 1.91 bits per heavy atom. The number of nitrogens with one attached hydrogen (secondary N) is 2. The maximum atomic E-state index is 11.8. The van der Waals surface area contributed by atoms with E-state index in [9.17, 15) is 24.3 Å². The minimum Gasteiger partial charge on any atom is -0.370 e. The standard InChI is InChI=1S/C14H21N3O5/c1-8(10(3)18)16-14(22)9(2)15-11(19)6-7-17-12(20)4-5-13(17)21/h4-5,8-9,12,20H,6-7H2,1-3H3,(H,15,19)(H,16,22)/t8-,9-,12?/m0/s1. The highest BCUT2D eigenvalue weighted by Crippen LogP contribution is 2.08. The summed E-state index contributed by atoms with van der Waals surface area (Å²) in [6.07, 6.45) is 1.52. The largest absolute Gasteiger partial charge is 0.370 e. The van der Waals surface area contributed by atoms with Gasteiger partial charge in [0.1, 0.15) is 12.3 Å². The highest BCUT2D eigenvalue weighted by Gasteiger charge is 2.25. The van der Waals surface area contributed by atoms with Crippen molar-refractivity contribution in [2.24, 2.45) is 0 Å². The van der Waals surface area contributed by atoms with Gasteiger partial charge >= 0.3 is 0 Å². The van der Waals surface area contributed by atoms with Crippen molar-refractivity contribution in [3.8, 4) is 0 Å². The maximum absolute atomic E-state index is 11.8. The molecule has 1 heterocycles. The molecule has 0 aliphatic carbocycles. The van der Waals surface area contributed by atoms with E-state index >= 15 is 0 Å². The fourth-order valence-electron chi connectivity index (χ4n) is 1.78. The summed E-state index contributed by atoms with van der Waals surface area (Å²) in [4.78, 5) is 47.1. The molecule has 0 saturated heterocycles. The smallest absolute Gasteiger partial charge is 0.248 e. The van der Waals surface area contributed by atoms with Crippen LogP contribution in [-0.4, -0.2) is 58.4 Å². The van der Waals surface area contributed by atoms with E-state index in [1.165, 1.54) is 26.0 Å². The molecule has 1 aliphatic heterocycles. The highest BCUT2D eigenvalue weighted by molar-refractivity contribution is 5.92. The lowest BCUT2D eigenvalue weighted by atomic mass is 10.2. The number of rotatable bonds is 7. The van der Waals surface area contributed by atoms with E-state index in [2.05, 4.69) is 10.6 Å². The van der Waals surface area contributed by atoms with Crippen LogP contribution in [0.15, 0.2) is 12.2 Å². The topological polar surface area (TPSA) is 116 Å². The van der Waals surface area contributed by atoms with Crippen LogP contribution in [0.3, 0.4) is 0 Å². The van der Waals surface area contributed by atoms with E-state index in [-0.39, 0.29) is 24.7 Å². The fraction of sp³-hybridized carbons (Fsp3) is 0.571. The number of aliphatic hydroxyl groups excluding tert-OH is 1. The number of hydrogen-bond donors (Lipinski definition) is 3. The summed E-state index contributed by atoms with van der Waals surface area (Å²) in [5, 5.41) is 14.4. The number of nitrogens with zero attached hydrogens (tertiary/aromatic N) is 1. The van der Waals surface area contributed by atoms with Crippen molar-refractivity contribution in [1.29, 1.82) is 0 Å². The number of amides is 3. The van der Waals surface area contributed by atoms with Gasteiger partial charge in [0.05, 0.1) is 6.04 Å². The van der Waals surface area contributed by atoms with Crippen molar-refractivity contribution in [1.82, 2.24) is 15.5 Å². The van der Waals surface area contributed by atoms with Gasteiger partial charge in [-0.15, -0.1) is 0 Å². The van der Waals surface area contributed by atoms with Gasteiger partial charge in [-0.1, -0.05) is 0 Å². The van der Waals surface area contributed by atoms with Gasteiger partial charge in [-0.05, 0) is 26.8 Å². The van der Waals surface area contributed by atoms with E-state index in [1.54, 1.807) is 6.92 Å². The Morgan fingerprint density at radius 3 is 2.41 bits per heavy atom. The number of Topliss-reactive ketones (excluding diaryl/α,β-unsaturated/α-hetero) is 1. The number of hydrogen-bond acceptors (Lipinski definition) is 5. The van der Waals surface area contributed by atoms with E-state index in [0.29, 0.717) is 0 Å². The fourth-order valence-corrected chi connectivity index (χ4v) is 1.78. The molecule has 0 aromatic carbocycles. The van der Waals surface area contributed by atoms with Crippen LogP contribution in [0.5, 0.6) is 0 Å². The second-order valence-electron chi connectivity index (χ2n) is 5.18. The van der Waals surface area contributed by atoms with Crippen LogP contribution < -0.4 is 10.6 Å². The van der Waals surface area contributed by atoms with Gasteiger partial charge in [0.25, 0.3) is 0 Å². The minimum atomic E-state index is -1.02. The first-order valence-corrected chi connectivity index (χ1v) is 6.99. The molecule has 3 N–H and O–H groups in total. The van der Waals surface area contributed by atoms with Crippen molar-refractivity contribution in [2.45, 2.75) is 45.5 Å². The van der Waals surface area contributed by atoms with Gasteiger partial charge < -0.3 is 20.6 Å². The van der Waals surface area contributed by atoms with Crippen molar-refractivity contribution in [2.75, 3.05) is 6.54 Å². The quantitative estimate of drug-likeness (QED) is 0.540. The number of aliphatic hydroxyl groups is 1. The summed E-state index contributed by atoms with van der Waals surface area (Å²) in [6.45, 7) is 4.47. The second-order valence-corrected chi connectivity index (χ2v) is 5.18. The van der Waals surface area contributed by atoms with Gasteiger partial charge in [0, 0.05) is 19.0 Å². The van der Waals surface area contributed by atoms with Gasteiger partial charge in [0.15, 0.2) is 5.78 Å². The maximum Gasteiger partial charge on any atom is 0.248 e. The molecule has 0 fully saturated rings. The predicted octanol–water partition coefficient (Wildman–Crippen LogP) is -1.31.